The van der Waals surface area contributed by atoms with E-state index < -0.39 is 11.1 Å². The van der Waals surface area contributed by atoms with Crippen molar-refractivity contribution < 1.29 is 14.7 Å². The Morgan fingerprint density at radius 1 is 1.27 bits per heavy atom. The zero-order valence-corrected chi connectivity index (χ0v) is 5.85. The van der Waals surface area contributed by atoms with Crippen LogP contribution < -0.4 is 17.6 Å². The lowest BCUT2D eigenvalue weighted by Gasteiger charge is -1.74. The summed E-state index contributed by atoms with van der Waals surface area (Å²) in [7, 11) is 0. The molecule has 2 amide bonds. The first-order chi connectivity index (χ1) is 4.46. The molecule has 0 aromatic carbocycles. The largest absolute Gasteiger partial charge is 0.369 e. The summed E-state index contributed by atoms with van der Waals surface area (Å²) in [5.74, 6) is 0. The van der Waals surface area contributed by atoms with E-state index in [0.717, 1.165) is 0 Å². The second kappa shape index (κ2) is 24.3. The number of quaternary nitrogens is 1. The van der Waals surface area contributed by atoms with E-state index in [1.807, 2.05) is 6.79 Å². The van der Waals surface area contributed by atoms with Crippen molar-refractivity contribution in [2.45, 2.75) is 0 Å². The molecule has 9 heteroatoms. The summed E-state index contributed by atoms with van der Waals surface area (Å²) in [5.41, 5.74) is 8.50. The van der Waals surface area contributed by atoms with Crippen LogP contribution in [-0.4, -0.2) is 17.9 Å². The summed E-state index contributed by atoms with van der Waals surface area (Å²) in [6, 6.07) is -0.833. The summed E-state index contributed by atoms with van der Waals surface area (Å²) in [5, 5.41) is 14.8. The van der Waals surface area contributed by atoms with Crippen LogP contribution in [0, 0.1) is 15.3 Å². The highest BCUT2D eigenvalue weighted by Crippen LogP contribution is 1.44. The minimum absolute atomic E-state index is 0. The minimum atomic E-state index is -1.75. The summed E-state index contributed by atoms with van der Waals surface area (Å²) in [6.07, 6.45) is 0. The van der Waals surface area contributed by atoms with E-state index in [4.69, 9.17) is 24.9 Å². The van der Waals surface area contributed by atoms with Gasteiger partial charge in [-0.2, -0.15) is 0 Å². The molecule has 0 aliphatic rings. The highest BCUT2D eigenvalue weighted by Gasteiger charge is 1.60. The van der Waals surface area contributed by atoms with Crippen molar-refractivity contribution in [3.63, 3.8) is 0 Å². The van der Waals surface area contributed by atoms with Crippen molar-refractivity contribution in [2.75, 3.05) is 0 Å². The van der Waals surface area contributed by atoms with E-state index in [1.54, 1.807) is 0 Å². The molecule has 0 fully saturated rings. The van der Waals surface area contributed by atoms with Crippen LogP contribution in [0.15, 0.2) is 0 Å². The standard InChI is InChI=1S/CH4N2O.CH2O.NO3.H3N/c2-1(3)4;1-2;2-1(3)4;/h(H4,2,3,4);1H2;;1H3/q;;-1;/p+1. The normalized spacial score (nSPS) is 4.73. The molecule has 68 valence electrons. The Kier molecular flexibility index (Phi) is 50.7. The number of carbonyl (C=O) groups is 2. The zero-order valence-electron chi connectivity index (χ0n) is 5.85. The number of urea groups is 1. The Hall–Kier alpha value is -1.90. The van der Waals surface area contributed by atoms with Gasteiger partial charge in [0.05, 0.1) is 5.09 Å². The fourth-order valence-electron chi connectivity index (χ4n) is 0. The molecule has 0 bridgehead atoms. The lowest BCUT2D eigenvalue weighted by molar-refractivity contribution is -0.402. The predicted molar refractivity (Wildman–Crippen MR) is 37.2 cm³/mol. The van der Waals surface area contributed by atoms with Gasteiger partial charge < -0.3 is 37.7 Å². The molecule has 0 unspecified atom stereocenters. The van der Waals surface area contributed by atoms with E-state index >= 15 is 0 Å². The number of carbonyl (C=O) groups excluding carboxylic acids is 2. The highest BCUT2D eigenvalue weighted by molar-refractivity contribution is 5.69. The molecule has 0 aliphatic carbocycles. The molecular formula is C2H10N4O5. The predicted octanol–water partition coefficient (Wildman–Crippen LogP) is -1.02. The van der Waals surface area contributed by atoms with Gasteiger partial charge in [0.25, 0.3) is 0 Å². The number of hydrogen-bond acceptors (Lipinski definition) is 5. The van der Waals surface area contributed by atoms with Gasteiger partial charge in [0.1, 0.15) is 6.79 Å². The molecule has 0 aromatic heterocycles. The van der Waals surface area contributed by atoms with Crippen LogP contribution in [0.2, 0.25) is 0 Å². The quantitative estimate of drug-likeness (QED) is 0.309. The Morgan fingerprint density at radius 2 is 1.27 bits per heavy atom. The Morgan fingerprint density at radius 3 is 1.27 bits per heavy atom. The maximum Gasteiger partial charge on any atom is 0.309 e. The molecule has 8 N–H and O–H groups in total. The molecule has 0 saturated carbocycles. The van der Waals surface area contributed by atoms with Gasteiger partial charge in [0.2, 0.25) is 0 Å². The number of primary amides is 2. The minimum Gasteiger partial charge on any atom is -0.369 e. The van der Waals surface area contributed by atoms with Crippen LogP contribution in [0.25, 0.3) is 0 Å². The Labute approximate surface area is 61.7 Å². The van der Waals surface area contributed by atoms with Crippen LogP contribution in [0.1, 0.15) is 0 Å². The summed E-state index contributed by atoms with van der Waals surface area (Å²) < 4.78 is 0. The van der Waals surface area contributed by atoms with Crippen molar-refractivity contribution in [3.8, 4) is 0 Å². The third kappa shape index (κ3) is 83.5. The van der Waals surface area contributed by atoms with Gasteiger partial charge in [-0.05, 0) is 0 Å². The summed E-state index contributed by atoms with van der Waals surface area (Å²) >= 11 is 0. The molecule has 0 aliphatic heterocycles. The Bertz CT molecular complexity index is 84.7. The van der Waals surface area contributed by atoms with Crippen molar-refractivity contribution in [1.29, 1.82) is 0 Å². The van der Waals surface area contributed by atoms with E-state index in [2.05, 4.69) is 11.5 Å². The van der Waals surface area contributed by atoms with Gasteiger partial charge >= 0.3 is 6.03 Å². The van der Waals surface area contributed by atoms with Gasteiger partial charge in [0.15, 0.2) is 0 Å². The van der Waals surface area contributed by atoms with Gasteiger partial charge in [-0.15, -0.1) is 0 Å². The SMILES string of the molecule is C=O.NC(N)=O.O=[N+]([O-])[O-].[NH4+]. The lowest BCUT2D eigenvalue weighted by atomic mass is 11.2. The van der Waals surface area contributed by atoms with Crippen LogP contribution in [-0.2, 0) is 4.79 Å². The van der Waals surface area contributed by atoms with Crippen LogP contribution in [0.5, 0.6) is 0 Å². The average molecular weight is 170 g/mol. The fraction of sp³-hybridized carbons (Fsp3) is 0. The molecule has 0 rings (SSSR count). The second-order valence-corrected chi connectivity index (χ2v) is 0.626. The van der Waals surface area contributed by atoms with Crippen LogP contribution in [0.4, 0.5) is 4.79 Å². The number of nitrogens with zero attached hydrogens (tertiary/aromatic N) is 1. The Balaban J connectivity index is -0.0000000339. The molecule has 0 heterocycles. The number of nitrogens with two attached hydrogens (primary N) is 2. The van der Waals surface area contributed by atoms with Crippen molar-refractivity contribution in [2.24, 2.45) is 11.5 Å². The summed E-state index contributed by atoms with van der Waals surface area (Å²) in [4.78, 5) is 25.2. The number of amides is 2. The molecule has 11 heavy (non-hydrogen) atoms. The monoisotopic (exact) mass is 170 g/mol. The lowest BCUT2D eigenvalue weighted by Crippen LogP contribution is -2.18. The first-order valence-corrected chi connectivity index (χ1v) is 1.62. The number of hydrogen-bond donors (Lipinski definition) is 3. The van der Waals surface area contributed by atoms with Gasteiger partial charge in [0, 0.05) is 0 Å². The van der Waals surface area contributed by atoms with Crippen LogP contribution >= 0.6 is 0 Å². The first kappa shape index (κ1) is 23.0. The van der Waals surface area contributed by atoms with Crippen molar-refractivity contribution in [3.05, 3.63) is 15.3 Å². The first-order valence-electron chi connectivity index (χ1n) is 1.62. The van der Waals surface area contributed by atoms with E-state index in [1.165, 1.54) is 0 Å². The van der Waals surface area contributed by atoms with E-state index in [9.17, 15) is 0 Å². The average Bonchev–Trinajstić information content (AvgIpc) is 1.66. The van der Waals surface area contributed by atoms with Crippen molar-refractivity contribution >= 4 is 12.8 Å². The van der Waals surface area contributed by atoms with Gasteiger partial charge in [-0.1, -0.05) is 0 Å². The van der Waals surface area contributed by atoms with Crippen LogP contribution in [0.3, 0.4) is 0 Å². The maximum atomic E-state index is 9.00. The molecular weight excluding hydrogens is 160 g/mol. The molecule has 0 aromatic rings. The molecule has 0 radical (unpaired) electrons. The zero-order chi connectivity index (χ0) is 9.15. The molecule has 0 atom stereocenters. The summed E-state index contributed by atoms with van der Waals surface area (Å²) in [6.45, 7) is 2.00. The fourth-order valence-corrected chi connectivity index (χ4v) is 0. The maximum absolute atomic E-state index is 9.00. The van der Waals surface area contributed by atoms with Gasteiger partial charge in [-0.3, -0.25) is 0 Å². The second-order valence-electron chi connectivity index (χ2n) is 0.626. The molecule has 0 spiro atoms. The van der Waals surface area contributed by atoms with E-state index in [-0.39, 0.29) is 6.15 Å². The topological polar surface area (TPSA) is 189 Å². The highest BCUT2D eigenvalue weighted by atomic mass is 16.9. The smallest absolute Gasteiger partial charge is 0.309 e. The third-order valence-corrected chi connectivity index (χ3v) is 0. The van der Waals surface area contributed by atoms with Gasteiger partial charge in [-0.25, -0.2) is 4.79 Å². The van der Waals surface area contributed by atoms with E-state index in [0.29, 0.717) is 0 Å². The van der Waals surface area contributed by atoms with Crippen molar-refractivity contribution in [1.82, 2.24) is 6.15 Å². The molecule has 9 nitrogen and oxygen atoms in total. The molecule has 0 saturated heterocycles. The number of rotatable bonds is 0. The third-order valence-electron chi connectivity index (χ3n) is 0.